The molecule has 2 N–H and O–H groups in total. The van der Waals surface area contributed by atoms with E-state index in [0.29, 0.717) is 0 Å². The summed E-state index contributed by atoms with van der Waals surface area (Å²) in [6.07, 6.45) is 3.38. The third-order valence-corrected chi connectivity index (χ3v) is 3.95. The summed E-state index contributed by atoms with van der Waals surface area (Å²) in [7, 11) is 0. The van der Waals surface area contributed by atoms with Crippen LogP contribution >= 0.6 is 11.6 Å². The number of benzene rings is 1. The van der Waals surface area contributed by atoms with Gasteiger partial charge in [0.25, 0.3) is 0 Å². The Labute approximate surface area is 96.6 Å². The Hall–Kier alpha value is -0.530. The summed E-state index contributed by atoms with van der Waals surface area (Å²) in [5.41, 5.74) is 8.61. The van der Waals surface area contributed by atoms with Crippen molar-refractivity contribution in [2.24, 2.45) is 11.7 Å². The second-order valence-electron chi connectivity index (χ2n) is 4.97. The van der Waals surface area contributed by atoms with E-state index in [2.05, 4.69) is 19.1 Å². The maximum absolute atomic E-state index is 6.43. The topological polar surface area (TPSA) is 26.0 Å². The molecular weight excluding hydrogens is 206 g/mol. The molecule has 0 heterocycles. The molecule has 1 nitrogen and oxygen atoms in total. The number of hydrogen-bond acceptors (Lipinski definition) is 1. The third kappa shape index (κ3) is 2.04. The fourth-order valence-electron chi connectivity index (χ4n) is 2.49. The van der Waals surface area contributed by atoms with Crippen molar-refractivity contribution in [2.45, 2.75) is 38.6 Å². The molecule has 0 aliphatic heterocycles. The molecule has 82 valence electrons. The maximum atomic E-state index is 6.43. The molecule has 1 fully saturated rings. The van der Waals surface area contributed by atoms with Crippen LogP contribution in [-0.4, -0.2) is 0 Å². The summed E-state index contributed by atoms with van der Waals surface area (Å²) in [6.45, 7) is 4.29. The van der Waals surface area contributed by atoms with Crippen molar-refractivity contribution in [1.29, 1.82) is 0 Å². The zero-order chi connectivity index (χ0) is 11.1. The van der Waals surface area contributed by atoms with Crippen molar-refractivity contribution in [1.82, 2.24) is 0 Å². The van der Waals surface area contributed by atoms with E-state index in [-0.39, 0.29) is 5.54 Å². The van der Waals surface area contributed by atoms with E-state index in [0.717, 1.165) is 29.3 Å². The van der Waals surface area contributed by atoms with E-state index < -0.39 is 0 Å². The van der Waals surface area contributed by atoms with Gasteiger partial charge in [0.15, 0.2) is 0 Å². The fraction of sp³-hybridized carbons (Fsp3) is 0.538. The number of hydrogen-bond donors (Lipinski definition) is 1. The summed E-state index contributed by atoms with van der Waals surface area (Å²) in [6, 6.07) is 6.23. The van der Waals surface area contributed by atoms with E-state index in [1.807, 2.05) is 13.0 Å². The second kappa shape index (κ2) is 3.80. The van der Waals surface area contributed by atoms with Gasteiger partial charge in [0.1, 0.15) is 0 Å². The third-order valence-electron chi connectivity index (χ3n) is 3.54. The molecule has 1 aromatic rings. The van der Waals surface area contributed by atoms with Crippen LogP contribution in [0.25, 0.3) is 0 Å². The minimum atomic E-state index is -0.142. The van der Waals surface area contributed by atoms with Crippen molar-refractivity contribution in [3.8, 4) is 0 Å². The van der Waals surface area contributed by atoms with Crippen LogP contribution in [0.1, 0.15) is 37.3 Å². The Kier molecular flexibility index (Phi) is 2.78. The molecule has 1 aliphatic carbocycles. The molecule has 0 amide bonds. The highest BCUT2D eigenvalue weighted by Gasteiger charge is 2.35. The van der Waals surface area contributed by atoms with Gasteiger partial charge in [-0.3, -0.25) is 0 Å². The average Bonchev–Trinajstić information content (AvgIpc) is 2.52. The Morgan fingerprint density at radius 3 is 2.73 bits per heavy atom. The summed E-state index contributed by atoms with van der Waals surface area (Å²) in [4.78, 5) is 0. The van der Waals surface area contributed by atoms with Crippen LogP contribution in [0, 0.1) is 12.8 Å². The summed E-state index contributed by atoms with van der Waals surface area (Å²) < 4.78 is 0. The number of nitrogens with two attached hydrogens (primary N) is 1. The van der Waals surface area contributed by atoms with Crippen LogP contribution in [0.5, 0.6) is 0 Å². The number of halogens is 1. The van der Waals surface area contributed by atoms with E-state index in [4.69, 9.17) is 17.3 Å². The number of rotatable bonds is 1. The zero-order valence-electron chi connectivity index (χ0n) is 9.39. The minimum Gasteiger partial charge on any atom is -0.321 e. The molecular formula is C13H18ClN. The van der Waals surface area contributed by atoms with Gasteiger partial charge in [-0.2, -0.15) is 0 Å². The van der Waals surface area contributed by atoms with Crippen molar-refractivity contribution in [3.05, 3.63) is 34.3 Å². The van der Waals surface area contributed by atoms with Gasteiger partial charge in [-0.15, -0.1) is 0 Å². The lowest BCUT2D eigenvalue weighted by molar-refractivity contribution is 0.440. The Morgan fingerprint density at radius 1 is 1.47 bits per heavy atom. The highest BCUT2D eigenvalue weighted by atomic mass is 35.5. The smallest absolute Gasteiger partial charge is 0.0438 e. The van der Waals surface area contributed by atoms with E-state index >= 15 is 0 Å². The van der Waals surface area contributed by atoms with Crippen LogP contribution in [0.2, 0.25) is 5.02 Å². The fourth-order valence-corrected chi connectivity index (χ4v) is 2.68. The van der Waals surface area contributed by atoms with Gasteiger partial charge >= 0.3 is 0 Å². The van der Waals surface area contributed by atoms with Crippen molar-refractivity contribution in [3.63, 3.8) is 0 Å². The van der Waals surface area contributed by atoms with Gasteiger partial charge in [-0.05, 0) is 49.3 Å². The van der Waals surface area contributed by atoms with Crippen molar-refractivity contribution >= 4 is 11.6 Å². The van der Waals surface area contributed by atoms with Gasteiger partial charge < -0.3 is 5.73 Å². The first-order valence-electron chi connectivity index (χ1n) is 5.57. The van der Waals surface area contributed by atoms with Crippen molar-refractivity contribution in [2.75, 3.05) is 0 Å². The standard InChI is InChI=1S/C13H18ClN/c1-9-5-6-13(15,8-9)11-4-3-10(2)12(14)7-11/h3-4,7,9H,5-6,8,15H2,1-2H3. The summed E-state index contributed by atoms with van der Waals surface area (Å²) >= 11 is 6.14. The molecule has 2 unspecified atom stereocenters. The molecule has 1 saturated carbocycles. The lowest BCUT2D eigenvalue weighted by atomic mass is 9.88. The highest BCUT2D eigenvalue weighted by Crippen LogP contribution is 2.40. The van der Waals surface area contributed by atoms with Gasteiger partial charge in [-0.1, -0.05) is 30.7 Å². The summed E-state index contributed by atoms with van der Waals surface area (Å²) in [5, 5.41) is 0.830. The van der Waals surface area contributed by atoms with E-state index in [1.54, 1.807) is 0 Å². The SMILES string of the molecule is Cc1ccc(C2(N)CCC(C)C2)cc1Cl. The summed E-state index contributed by atoms with van der Waals surface area (Å²) in [5.74, 6) is 0.732. The van der Waals surface area contributed by atoms with Crippen molar-refractivity contribution < 1.29 is 0 Å². The van der Waals surface area contributed by atoms with Crippen LogP contribution in [0.4, 0.5) is 0 Å². The first-order chi connectivity index (χ1) is 7.01. The normalized spacial score (nSPS) is 30.8. The first-order valence-corrected chi connectivity index (χ1v) is 5.94. The molecule has 2 heteroatoms. The number of aryl methyl sites for hydroxylation is 1. The predicted octanol–water partition coefficient (Wildman–Crippen LogP) is 3.62. The monoisotopic (exact) mass is 223 g/mol. The molecule has 15 heavy (non-hydrogen) atoms. The lowest BCUT2D eigenvalue weighted by Crippen LogP contribution is -2.33. The average molecular weight is 224 g/mol. The lowest BCUT2D eigenvalue weighted by Gasteiger charge is -2.25. The van der Waals surface area contributed by atoms with Crippen LogP contribution in [0.3, 0.4) is 0 Å². The Balaban J connectivity index is 2.33. The quantitative estimate of drug-likeness (QED) is 0.773. The molecule has 2 rings (SSSR count). The molecule has 0 radical (unpaired) electrons. The van der Waals surface area contributed by atoms with Gasteiger partial charge in [0.05, 0.1) is 0 Å². The molecule has 0 bridgehead atoms. The second-order valence-corrected chi connectivity index (χ2v) is 5.38. The van der Waals surface area contributed by atoms with Crippen LogP contribution in [0.15, 0.2) is 18.2 Å². The van der Waals surface area contributed by atoms with Gasteiger partial charge in [-0.25, -0.2) is 0 Å². The first kappa shape index (κ1) is 11.0. The van der Waals surface area contributed by atoms with Crippen LogP contribution < -0.4 is 5.73 Å². The molecule has 0 saturated heterocycles. The molecule has 0 aromatic heterocycles. The van der Waals surface area contributed by atoms with E-state index in [1.165, 1.54) is 12.0 Å². The van der Waals surface area contributed by atoms with Gasteiger partial charge in [0.2, 0.25) is 0 Å². The predicted molar refractivity (Wildman–Crippen MR) is 65.1 cm³/mol. The minimum absolute atomic E-state index is 0.142. The van der Waals surface area contributed by atoms with Gasteiger partial charge in [0, 0.05) is 10.6 Å². The molecule has 2 atom stereocenters. The Bertz CT molecular complexity index is 375. The molecule has 1 aromatic carbocycles. The van der Waals surface area contributed by atoms with Crippen LogP contribution in [-0.2, 0) is 5.54 Å². The van der Waals surface area contributed by atoms with E-state index in [9.17, 15) is 0 Å². The maximum Gasteiger partial charge on any atom is 0.0438 e. The zero-order valence-corrected chi connectivity index (χ0v) is 10.1. The molecule has 0 spiro atoms. The Morgan fingerprint density at radius 2 is 2.20 bits per heavy atom. The highest BCUT2D eigenvalue weighted by molar-refractivity contribution is 6.31. The molecule has 1 aliphatic rings. The largest absolute Gasteiger partial charge is 0.321 e.